The Morgan fingerprint density at radius 1 is 1.15 bits per heavy atom. The summed E-state index contributed by atoms with van der Waals surface area (Å²) in [6.45, 7) is 7.93. The molecule has 0 unspecified atom stereocenters. The summed E-state index contributed by atoms with van der Waals surface area (Å²) in [5.41, 5.74) is 1.47. The number of halogens is 2. The van der Waals surface area contributed by atoms with E-state index in [1.807, 2.05) is 20.8 Å². The summed E-state index contributed by atoms with van der Waals surface area (Å²) in [5, 5.41) is 5.71. The highest BCUT2D eigenvalue weighted by Gasteiger charge is 2.23. The molecule has 136 valence electrons. The summed E-state index contributed by atoms with van der Waals surface area (Å²) in [7, 11) is 0. The molecule has 1 N–H and O–H groups in total. The molecule has 2 heterocycles. The Bertz CT molecular complexity index is 973. The van der Waals surface area contributed by atoms with Crippen molar-refractivity contribution in [3.63, 3.8) is 0 Å². The van der Waals surface area contributed by atoms with Crippen LogP contribution in [-0.4, -0.2) is 15.9 Å². The molecular formula is C18H17F2N3OS2. The van der Waals surface area contributed by atoms with E-state index < -0.39 is 11.6 Å². The molecule has 2 aromatic heterocycles. The van der Waals surface area contributed by atoms with Crippen molar-refractivity contribution in [2.75, 3.05) is 5.32 Å². The maximum absolute atomic E-state index is 13.4. The van der Waals surface area contributed by atoms with Gasteiger partial charge in [-0.3, -0.25) is 10.1 Å². The third kappa shape index (κ3) is 3.81. The first-order chi connectivity index (χ1) is 12.1. The predicted octanol–water partition coefficient (Wildman–Crippen LogP) is 5.40. The standard InChI is InChI=1S/C18H17F2N3OS2/c1-9-14(26-16(21-9)18(2,3)4)15(24)23-17-22-13(8-25-17)10-5-6-11(19)12(20)7-10/h5-8H,1-4H3,(H,22,23,24). The van der Waals surface area contributed by atoms with Gasteiger partial charge in [0.05, 0.1) is 16.4 Å². The summed E-state index contributed by atoms with van der Waals surface area (Å²) in [6.07, 6.45) is 0. The van der Waals surface area contributed by atoms with Crippen LogP contribution in [0.15, 0.2) is 23.6 Å². The SMILES string of the molecule is Cc1nc(C(C)(C)C)sc1C(=O)Nc1nc(-c2ccc(F)c(F)c2)cs1. The third-order valence-corrected chi connectivity index (χ3v) is 5.92. The average molecular weight is 393 g/mol. The number of amides is 1. The normalized spacial score (nSPS) is 11.6. The van der Waals surface area contributed by atoms with Crippen molar-refractivity contribution in [3.8, 4) is 11.3 Å². The Hall–Kier alpha value is -2.19. The summed E-state index contributed by atoms with van der Waals surface area (Å²) >= 11 is 2.58. The fraction of sp³-hybridized carbons (Fsp3) is 0.278. The van der Waals surface area contributed by atoms with Crippen molar-refractivity contribution < 1.29 is 13.6 Å². The number of carbonyl (C=O) groups is 1. The minimum absolute atomic E-state index is 0.130. The highest BCUT2D eigenvalue weighted by molar-refractivity contribution is 7.15. The van der Waals surface area contributed by atoms with Crippen molar-refractivity contribution in [1.82, 2.24) is 9.97 Å². The molecular weight excluding hydrogens is 376 g/mol. The van der Waals surface area contributed by atoms with Gasteiger partial charge in [0.1, 0.15) is 4.88 Å². The van der Waals surface area contributed by atoms with Crippen LogP contribution in [0.4, 0.5) is 13.9 Å². The quantitative estimate of drug-likeness (QED) is 0.648. The van der Waals surface area contributed by atoms with Gasteiger partial charge in [0.25, 0.3) is 5.91 Å². The lowest BCUT2D eigenvalue weighted by Crippen LogP contribution is -2.11. The van der Waals surface area contributed by atoms with Crippen LogP contribution in [0.2, 0.25) is 0 Å². The van der Waals surface area contributed by atoms with E-state index in [1.165, 1.54) is 28.7 Å². The number of rotatable bonds is 3. The Labute approximate surface area is 157 Å². The molecule has 0 spiro atoms. The number of hydrogen-bond donors (Lipinski definition) is 1. The molecule has 0 aliphatic heterocycles. The zero-order chi connectivity index (χ0) is 19.1. The van der Waals surface area contributed by atoms with Gasteiger partial charge in [0, 0.05) is 16.4 Å². The molecule has 0 aliphatic rings. The summed E-state index contributed by atoms with van der Waals surface area (Å²) in [6, 6.07) is 3.58. The largest absolute Gasteiger partial charge is 0.297 e. The number of aromatic nitrogens is 2. The fourth-order valence-corrected chi connectivity index (χ4v) is 3.93. The highest BCUT2D eigenvalue weighted by Crippen LogP contribution is 2.31. The van der Waals surface area contributed by atoms with Crippen LogP contribution in [0.25, 0.3) is 11.3 Å². The molecule has 0 saturated heterocycles. The number of benzene rings is 1. The molecule has 3 aromatic rings. The highest BCUT2D eigenvalue weighted by atomic mass is 32.1. The molecule has 26 heavy (non-hydrogen) atoms. The van der Waals surface area contributed by atoms with E-state index in [-0.39, 0.29) is 11.3 Å². The number of carbonyl (C=O) groups excluding carboxylic acids is 1. The van der Waals surface area contributed by atoms with E-state index in [1.54, 1.807) is 12.3 Å². The third-order valence-electron chi connectivity index (χ3n) is 3.58. The van der Waals surface area contributed by atoms with E-state index in [0.717, 1.165) is 17.1 Å². The lowest BCUT2D eigenvalue weighted by molar-refractivity contribution is 0.103. The van der Waals surface area contributed by atoms with Crippen LogP contribution in [0, 0.1) is 18.6 Å². The second-order valence-electron chi connectivity index (χ2n) is 6.80. The van der Waals surface area contributed by atoms with Crippen LogP contribution >= 0.6 is 22.7 Å². The summed E-state index contributed by atoms with van der Waals surface area (Å²) < 4.78 is 26.4. The van der Waals surface area contributed by atoms with Gasteiger partial charge >= 0.3 is 0 Å². The molecule has 0 atom stereocenters. The van der Waals surface area contributed by atoms with Gasteiger partial charge in [-0.15, -0.1) is 22.7 Å². The maximum atomic E-state index is 13.4. The summed E-state index contributed by atoms with van der Waals surface area (Å²) in [5.74, 6) is -2.12. The second-order valence-corrected chi connectivity index (χ2v) is 8.66. The Kier molecular flexibility index (Phi) is 4.90. The first-order valence-electron chi connectivity index (χ1n) is 7.85. The molecule has 3 rings (SSSR count). The summed E-state index contributed by atoms with van der Waals surface area (Å²) in [4.78, 5) is 21.8. The minimum Gasteiger partial charge on any atom is -0.297 e. The second kappa shape index (κ2) is 6.85. The van der Waals surface area contributed by atoms with Crippen molar-refractivity contribution in [3.05, 3.63) is 50.8 Å². The molecule has 1 aromatic carbocycles. The fourth-order valence-electron chi connectivity index (χ4n) is 2.20. The van der Waals surface area contributed by atoms with Gasteiger partial charge < -0.3 is 0 Å². The molecule has 1 amide bonds. The molecule has 4 nitrogen and oxygen atoms in total. The topological polar surface area (TPSA) is 54.9 Å². The van der Waals surface area contributed by atoms with Gasteiger partial charge in [-0.1, -0.05) is 20.8 Å². The van der Waals surface area contributed by atoms with Crippen LogP contribution in [0.3, 0.4) is 0 Å². The smallest absolute Gasteiger partial charge is 0.269 e. The van der Waals surface area contributed by atoms with E-state index >= 15 is 0 Å². The van der Waals surface area contributed by atoms with Crippen molar-refractivity contribution >= 4 is 33.7 Å². The van der Waals surface area contributed by atoms with Gasteiger partial charge in [0.15, 0.2) is 16.8 Å². The van der Waals surface area contributed by atoms with Crippen LogP contribution < -0.4 is 5.32 Å². The first kappa shape index (κ1) is 18.6. The van der Waals surface area contributed by atoms with Crippen molar-refractivity contribution in [2.24, 2.45) is 0 Å². The molecule has 8 heteroatoms. The van der Waals surface area contributed by atoms with E-state index in [9.17, 15) is 13.6 Å². The number of aryl methyl sites for hydroxylation is 1. The van der Waals surface area contributed by atoms with Gasteiger partial charge in [-0.05, 0) is 25.1 Å². The number of anilines is 1. The van der Waals surface area contributed by atoms with Crippen LogP contribution in [0.5, 0.6) is 0 Å². The zero-order valence-electron chi connectivity index (χ0n) is 14.7. The number of hydrogen-bond acceptors (Lipinski definition) is 5. The van der Waals surface area contributed by atoms with Gasteiger partial charge in [0.2, 0.25) is 0 Å². The Morgan fingerprint density at radius 2 is 1.88 bits per heavy atom. The van der Waals surface area contributed by atoms with E-state index in [0.29, 0.717) is 27.0 Å². The maximum Gasteiger partial charge on any atom is 0.269 e. The molecule has 0 fully saturated rings. The monoisotopic (exact) mass is 393 g/mol. The Balaban J connectivity index is 1.80. The molecule has 0 radical (unpaired) electrons. The molecule has 0 bridgehead atoms. The van der Waals surface area contributed by atoms with E-state index in [4.69, 9.17) is 0 Å². The zero-order valence-corrected chi connectivity index (χ0v) is 16.3. The van der Waals surface area contributed by atoms with Crippen molar-refractivity contribution in [2.45, 2.75) is 33.1 Å². The van der Waals surface area contributed by atoms with Gasteiger partial charge in [-0.2, -0.15) is 0 Å². The lowest BCUT2D eigenvalue weighted by atomic mass is 9.98. The number of thiazole rings is 2. The Morgan fingerprint density at radius 3 is 2.50 bits per heavy atom. The minimum atomic E-state index is -0.934. The van der Waals surface area contributed by atoms with Crippen molar-refractivity contribution in [1.29, 1.82) is 0 Å². The number of nitrogens with zero attached hydrogens (tertiary/aromatic N) is 2. The molecule has 0 aliphatic carbocycles. The van der Waals surface area contributed by atoms with Crippen LogP contribution in [0.1, 0.15) is 41.1 Å². The lowest BCUT2D eigenvalue weighted by Gasteiger charge is -2.13. The predicted molar refractivity (Wildman–Crippen MR) is 101 cm³/mol. The van der Waals surface area contributed by atoms with E-state index in [2.05, 4.69) is 15.3 Å². The van der Waals surface area contributed by atoms with Crippen LogP contribution in [-0.2, 0) is 5.41 Å². The average Bonchev–Trinajstić information content (AvgIpc) is 3.16. The van der Waals surface area contributed by atoms with Gasteiger partial charge in [-0.25, -0.2) is 18.7 Å². The number of nitrogens with one attached hydrogen (secondary N) is 1. The first-order valence-corrected chi connectivity index (χ1v) is 9.55. The molecule has 0 saturated carbocycles.